The van der Waals surface area contributed by atoms with E-state index in [4.69, 9.17) is 9.84 Å². The van der Waals surface area contributed by atoms with E-state index in [-0.39, 0.29) is 22.0 Å². The summed E-state index contributed by atoms with van der Waals surface area (Å²) in [4.78, 5) is 22.4. The summed E-state index contributed by atoms with van der Waals surface area (Å²) in [6.45, 7) is 15.7. The number of aliphatic hydroxyl groups is 1. The molecule has 0 aliphatic rings. The molecule has 0 aromatic heterocycles. The van der Waals surface area contributed by atoms with Crippen LogP contribution in [0.25, 0.3) is 0 Å². The third kappa shape index (κ3) is 16.9. The second-order valence-corrected chi connectivity index (χ2v) is 6.97. The summed E-state index contributed by atoms with van der Waals surface area (Å²) >= 11 is 0. The number of aliphatic hydroxyl groups excluding tert-OH is 1. The van der Waals surface area contributed by atoms with Crippen LogP contribution in [0.2, 0.25) is 0 Å². The molecule has 0 heterocycles. The highest BCUT2D eigenvalue weighted by atomic mass is 16.6. The van der Waals surface area contributed by atoms with E-state index in [1.165, 1.54) is 6.92 Å². The standard InChI is InChI=1S/C18H20N2O4.C4H10.2C2H6.2H2/c1-13(22)19-16-6-2-14(3-7-16)12-15-4-8-17(9-5-15)20-18(23)24-11-10-21;1-4(2)3;2*1-2;;/h2-9,21H,10-12H2,1H3,(H,19,22)(H,20,23);4H,1-3H3;2*1-2H3;2*1H. The Kier molecular flexibility index (Phi) is 19.6. The lowest BCUT2D eigenvalue weighted by molar-refractivity contribution is -0.114. The van der Waals surface area contributed by atoms with Crippen molar-refractivity contribution in [1.29, 1.82) is 0 Å². The number of hydrogen-bond donors (Lipinski definition) is 3. The van der Waals surface area contributed by atoms with Crippen molar-refractivity contribution in [3.05, 3.63) is 59.7 Å². The van der Waals surface area contributed by atoms with Crippen molar-refractivity contribution >= 4 is 23.4 Å². The summed E-state index contributed by atoms with van der Waals surface area (Å²) in [6.07, 6.45) is 0.153. The van der Waals surface area contributed by atoms with Gasteiger partial charge in [0, 0.05) is 21.2 Å². The molecule has 0 aliphatic heterocycles. The Bertz CT molecular complexity index is 735. The molecular weight excluding hydrogens is 404 g/mol. The van der Waals surface area contributed by atoms with E-state index in [0.717, 1.165) is 29.2 Å². The zero-order valence-electron chi connectivity index (χ0n) is 21.0. The smallest absolute Gasteiger partial charge is 0.411 e. The topological polar surface area (TPSA) is 87.7 Å². The first-order valence-electron chi connectivity index (χ1n) is 11.3. The Labute approximate surface area is 197 Å². The summed E-state index contributed by atoms with van der Waals surface area (Å²) in [5, 5.41) is 13.9. The number of carbonyl (C=O) groups is 2. The molecule has 0 spiro atoms. The maximum atomic E-state index is 11.4. The Hall–Kier alpha value is -2.86. The summed E-state index contributed by atoms with van der Waals surface area (Å²) in [7, 11) is 0. The van der Waals surface area contributed by atoms with E-state index in [1.807, 2.05) is 64.1 Å². The van der Waals surface area contributed by atoms with Crippen LogP contribution in [0.3, 0.4) is 0 Å². The number of nitrogens with one attached hydrogen (secondary N) is 2. The van der Waals surface area contributed by atoms with Crippen molar-refractivity contribution in [1.82, 2.24) is 0 Å². The van der Waals surface area contributed by atoms with Crippen LogP contribution < -0.4 is 10.6 Å². The minimum absolute atomic E-state index is 0. The molecule has 32 heavy (non-hydrogen) atoms. The predicted octanol–water partition coefficient (Wildman–Crippen LogP) is 6.98. The summed E-state index contributed by atoms with van der Waals surface area (Å²) in [6, 6.07) is 15.1. The number of rotatable bonds is 6. The Morgan fingerprint density at radius 2 is 1.22 bits per heavy atom. The highest BCUT2D eigenvalue weighted by molar-refractivity contribution is 5.88. The zero-order chi connectivity index (χ0) is 24.9. The van der Waals surface area contributed by atoms with Crippen LogP contribution in [0, 0.1) is 5.92 Å². The maximum Gasteiger partial charge on any atom is 0.411 e. The normalized spacial score (nSPS) is 9.06. The number of ether oxygens (including phenoxy) is 1. The van der Waals surface area contributed by atoms with E-state index < -0.39 is 6.09 Å². The van der Waals surface area contributed by atoms with Crippen LogP contribution in [-0.4, -0.2) is 30.3 Å². The first-order valence-corrected chi connectivity index (χ1v) is 11.3. The summed E-state index contributed by atoms with van der Waals surface area (Å²) < 4.78 is 4.73. The maximum absolute atomic E-state index is 11.4. The molecule has 0 radical (unpaired) electrons. The Morgan fingerprint density at radius 1 is 0.844 bits per heavy atom. The van der Waals surface area contributed by atoms with Gasteiger partial charge in [0.1, 0.15) is 6.61 Å². The van der Waals surface area contributed by atoms with E-state index in [0.29, 0.717) is 5.69 Å². The van der Waals surface area contributed by atoms with Gasteiger partial charge in [-0.2, -0.15) is 0 Å². The van der Waals surface area contributed by atoms with Gasteiger partial charge >= 0.3 is 6.09 Å². The van der Waals surface area contributed by atoms with Crippen LogP contribution >= 0.6 is 0 Å². The lowest BCUT2D eigenvalue weighted by atomic mass is 10.0. The molecule has 6 nitrogen and oxygen atoms in total. The second kappa shape index (κ2) is 20.1. The summed E-state index contributed by atoms with van der Waals surface area (Å²) in [5.74, 6) is 0.739. The highest BCUT2D eigenvalue weighted by Gasteiger charge is 2.03. The van der Waals surface area contributed by atoms with Crippen LogP contribution in [0.5, 0.6) is 0 Å². The van der Waals surface area contributed by atoms with E-state index >= 15 is 0 Å². The quantitative estimate of drug-likeness (QED) is 0.443. The number of anilines is 2. The van der Waals surface area contributed by atoms with Crippen LogP contribution in [-0.2, 0) is 16.0 Å². The van der Waals surface area contributed by atoms with Crippen LogP contribution in [0.4, 0.5) is 16.2 Å². The fourth-order valence-electron chi connectivity index (χ4n) is 2.14. The third-order valence-corrected chi connectivity index (χ3v) is 3.21. The minimum Gasteiger partial charge on any atom is -0.447 e. The fourth-order valence-corrected chi connectivity index (χ4v) is 2.14. The average Bonchev–Trinajstić information content (AvgIpc) is 2.77. The largest absolute Gasteiger partial charge is 0.447 e. The molecule has 0 saturated carbocycles. The molecule has 0 fully saturated rings. The average molecular weight is 451 g/mol. The SMILES string of the molecule is CC.CC.CC(=O)Nc1ccc(Cc2ccc(NC(=O)OCCO)cc2)cc1.CC(C)C.[HH].[HH]. The van der Waals surface area contributed by atoms with Gasteiger partial charge in [-0.15, -0.1) is 0 Å². The Morgan fingerprint density at radius 3 is 1.56 bits per heavy atom. The Balaban J connectivity index is -0.000000399. The number of amides is 2. The van der Waals surface area contributed by atoms with Gasteiger partial charge in [0.05, 0.1) is 6.61 Å². The number of benzene rings is 2. The lowest BCUT2D eigenvalue weighted by Gasteiger charge is -2.08. The molecule has 0 aliphatic carbocycles. The van der Waals surface area contributed by atoms with Crippen molar-refractivity contribution in [2.45, 2.75) is 61.8 Å². The van der Waals surface area contributed by atoms with Crippen molar-refractivity contribution < 1.29 is 22.3 Å². The van der Waals surface area contributed by atoms with E-state index in [9.17, 15) is 9.59 Å². The number of carbonyl (C=O) groups excluding carboxylic acids is 2. The monoisotopic (exact) mass is 450 g/mol. The predicted molar refractivity (Wildman–Crippen MR) is 139 cm³/mol. The zero-order valence-corrected chi connectivity index (χ0v) is 21.0. The molecule has 2 amide bonds. The molecular formula is C26H46N2O4. The van der Waals surface area contributed by atoms with Crippen molar-refractivity contribution in [2.24, 2.45) is 5.92 Å². The van der Waals surface area contributed by atoms with Crippen LogP contribution in [0.15, 0.2) is 48.5 Å². The summed E-state index contributed by atoms with van der Waals surface area (Å²) in [5.41, 5.74) is 3.61. The van der Waals surface area contributed by atoms with Crippen molar-refractivity contribution in [3.63, 3.8) is 0 Å². The van der Waals surface area contributed by atoms with Gasteiger partial charge in [-0.05, 0) is 47.7 Å². The first kappa shape index (κ1) is 31.3. The van der Waals surface area contributed by atoms with Crippen molar-refractivity contribution in [2.75, 3.05) is 23.8 Å². The molecule has 0 saturated heterocycles. The van der Waals surface area contributed by atoms with Gasteiger partial charge in [0.25, 0.3) is 0 Å². The third-order valence-electron chi connectivity index (χ3n) is 3.21. The van der Waals surface area contributed by atoms with Gasteiger partial charge in [0.15, 0.2) is 0 Å². The molecule has 6 heteroatoms. The fraction of sp³-hybridized carbons (Fsp3) is 0.462. The van der Waals surface area contributed by atoms with Crippen molar-refractivity contribution in [3.8, 4) is 0 Å². The van der Waals surface area contributed by atoms with Gasteiger partial charge in [-0.25, -0.2) is 4.79 Å². The van der Waals surface area contributed by atoms with Crippen LogP contribution in [0.1, 0.15) is 69.4 Å². The molecule has 0 atom stereocenters. The second-order valence-electron chi connectivity index (χ2n) is 6.97. The highest BCUT2D eigenvalue weighted by Crippen LogP contribution is 2.16. The van der Waals surface area contributed by atoms with Gasteiger partial charge in [-0.3, -0.25) is 10.1 Å². The van der Waals surface area contributed by atoms with E-state index in [2.05, 4.69) is 31.4 Å². The molecule has 0 bridgehead atoms. The van der Waals surface area contributed by atoms with Gasteiger partial charge < -0.3 is 15.2 Å². The minimum atomic E-state index is -0.592. The molecule has 3 N–H and O–H groups in total. The number of hydrogen-bond acceptors (Lipinski definition) is 4. The van der Waals surface area contributed by atoms with Gasteiger partial charge in [-0.1, -0.05) is 72.7 Å². The molecule has 2 aromatic rings. The molecule has 2 rings (SSSR count). The molecule has 184 valence electrons. The molecule has 2 aromatic carbocycles. The van der Waals surface area contributed by atoms with Gasteiger partial charge in [0.2, 0.25) is 5.91 Å². The molecule has 0 unspecified atom stereocenters. The lowest BCUT2D eigenvalue weighted by Crippen LogP contribution is -2.15. The van der Waals surface area contributed by atoms with E-state index in [1.54, 1.807) is 12.1 Å². The first-order chi connectivity index (χ1) is 15.3.